The van der Waals surface area contributed by atoms with Crippen LogP contribution in [0.4, 0.5) is 0 Å². The van der Waals surface area contributed by atoms with Crippen LogP contribution < -0.4 is 4.74 Å². The molecule has 0 N–H and O–H groups in total. The molecule has 1 saturated heterocycles. The molecule has 9 heteroatoms. The number of hydrogen-bond acceptors (Lipinski definition) is 7. The Hall–Kier alpha value is -2.36. The summed E-state index contributed by atoms with van der Waals surface area (Å²) in [6, 6.07) is 14.6. The number of thioether (sulfide) groups is 1. The fraction of sp³-hybridized carbons (Fsp3) is 0.458. The van der Waals surface area contributed by atoms with Gasteiger partial charge in [-0.15, -0.1) is 21.5 Å². The van der Waals surface area contributed by atoms with E-state index in [0.717, 1.165) is 55.9 Å². The zero-order valence-corrected chi connectivity index (χ0v) is 20.3. The van der Waals surface area contributed by atoms with E-state index >= 15 is 0 Å². The van der Waals surface area contributed by atoms with Crippen LogP contribution in [0.2, 0.25) is 0 Å². The van der Waals surface area contributed by atoms with E-state index in [1.807, 2.05) is 35.2 Å². The average Bonchev–Trinajstić information content (AvgIpc) is 3.40. The minimum atomic E-state index is 0.185. The topological polar surface area (TPSA) is 63.5 Å². The second kappa shape index (κ2) is 10.7. The molecule has 1 aromatic carbocycles. The molecule has 0 radical (unpaired) electrons. The molecule has 33 heavy (non-hydrogen) atoms. The first kappa shape index (κ1) is 22.4. The lowest BCUT2D eigenvalue weighted by Crippen LogP contribution is -2.50. The number of rotatable bonds is 10. The third-order valence-electron chi connectivity index (χ3n) is 6.03. The normalized spacial score (nSPS) is 16.8. The Morgan fingerprint density at radius 3 is 2.61 bits per heavy atom. The highest BCUT2D eigenvalue weighted by Crippen LogP contribution is 2.39. The number of piperazine rings is 1. The first-order valence-electron chi connectivity index (χ1n) is 11.5. The summed E-state index contributed by atoms with van der Waals surface area (Å²) in [5, 5.41) is 11.9. The summed E-state index contributed by atoms with van der Waals surface area (Å²) >= 11 is 3.28. The van der Waals surface area contributed by atoms with E-state index in [1.165, 1.54) is 29.5 Å². The van der Waals surface area contributed by atoms with E-state index in [2.05, 4.69) is 37.2 Å². The number of para-hydroxylation sites is 1. The van der Waals surface area contributed by atoms with Crippen molar-refractivity contribution < 1.29 is 9.53 Å². The van der Waals surface area contributed by atoms with E-state index in [4.69, 9.17) is 4.74 Å². The molecule has 0 spiro atoms. The fourth-order valence-corrected chi connectivity index (χ4v) is 5.67. The number of ether oxygens (including phenoxy) is 1. The molecule has 2 aliphatic rings. The minimum Gasteiger partial charge on any atom is -0.492 e. The standard InChI is InChI=1S/C24H29N5O2S2/c30-23(28-12-10-27(11-13-28)14-15-31-20-5-2-1-3-6-20)18-33-24-26-25-22(29(24)19-8-9-19)17-21-7-4-16-32-21/h1-7,16,19H,8-15,17-18H2. The van der Waals surface area contributed by atoms with Crippen molar-refractivity contribution in [3.05, 3.63) is 58.5 Å². The molecule has 1 saturated carbocycles. The largest absolute Gasteiger partial charge is 0.492 e. The Labute approximate surface area is 202 Å². The van der Waals surface area contributed by atoms with Gasteiger partial charge in [0.2, 0.25) is 5.91 Å². The summed E-state index contributed by atoms with van der Waals surface area (Å²) in [7, 11) is 0. The summed E-state index contributed by atoms with van der Waals surface area (Å²) in [5.74, 6) is 2.52. The van der Waals surface area contributed by atoms with Crippen LogP contribution in [0.15, 0.2) is 53.0 Å². The van der Waals surface area contributed by atoms with E-state index < -0.39 is 0 Å². The summed E-state index contributed by atoms with van der Waals surface area (Å²) in [6.45, 7) is 4.85. The molecule has 174 valence electrons. The minimum absolute atomic E-state index is 0.185. The van der Waals surface area contributed by atoms with Gasteiger partial charge in [-0.25, -0.2) is 0 Å². The number of amides is 1. The molecule has 0 bridgehead atoms. The molecule has 1 aliphatic carbocycles. The molecule has 3 heterocycles. The van der Waals surface area contributed by atoms with Gasteiger partial charge in [0.1, 0.15) is 18.2 Å². The second-order valence-electron chi connectivity index (χ2n) is 8.43. The maximum Gasteiger partial charge on any atom is 0.233 e. The highest BCUT2D eigenvalue weighted by Gasteiger charge is 2.30. The zero-order valence-electron chi connectivity index (χ0n) is 18.6. The van der Waals surface area contributed by atoms with Crippen LogP contribution in [-0.2, 0) is 11.2 Å². The molecular weight excluding hydrogens is 454 g/mol. The van der Waals surface area contributed by atoms with Crippen LogP contribution in [0.25, 0.3) is 0 Å². The van der Waals surface area contributed by atoms with Gasteiger partial charge in [-0.3, -0.25) is 9.69 Å². The predicted octanol–water partition coefficient (Wildman–Crippen LogP) is 3.58. The summed E-state index contributed by atoms with van der Waals surface area (Å²) in [4.78, 5) is 18.5. The van der Waals surface area contributed by atoms with Crippen molar-refractivity contribution >= 4 is 29.0 Å². The van der Waals surface area contributed by atoms with Crippen molar-refractivity contribution in [2.45, 2.75) is 30.5 Å². The highest BCUT2D eigenvalue weighted by molar-refractivity contribution is 7.99. The lowest BCUT2D eigenvalue weighted by atomic mass is 10.3. The number of hydrogen-bond donors (Lipinski definition) is 0. The second-order valence-corrected chi connectivity index (χ2v) is 10.4. The molecule has 0 unspecified atom stereocenters. The van der Waals surface area contributed by atoms with Crippen LogP contribution in [0, 0.1) is 0 Å². The molecule has 1 aliphatic heterocycles. The molecular formula is C24H29N5O2S2. The van der Waals surface area contributed by atoms with Crippen LogP contribution >= 0.6 is 23.1 Å². The van der Waals surface area contributed by atoms with Gasteiger partial charge in [-0.2, -0.15) is 0 Å². The Balaban J connectivity index is 1.07. The summed E-state index contributed by atoms with van der Waals surface area (Å²) in [6.07, 6.45) is 3.16. The van der Waals surface area contributed by atoms with Gasteiger partial charge < -0.3 is 14.2 Å². The quantitative estimate of drug-likeness (QED) is 0.411. The van der Waals surface area contributed by atoms with Gasteiger partial charge in [0, 0.05) is 50.1 Å². The van der Waals surface area contributed by atoms with Crippen molar-refractivity contribution in [3.63, 3.8) is 0 Å². The maximum atomic E-state index is 12.8. The Bertz CT molecular complexity index is 1030. The number of thiophene rings is 1. The first-order chi connectivity index (χ1) is 16.3. The van der Waals surface area contributed by atoms with E-state index in [0.29, 0.717) is 18.4 Å². The number of carbonyl (C=O) groups excluding carboxylic acids is 1. The van der Waals surface area contributed by atoms with Crippen molar-refractivity contribution in [1.29, 1.82) is 0 Å². The third-order valence-corrected chi connectivity index (χ3v) is 7.83. The maximum absolute atomic E-state index is 12.8. The zero-order chi connectivity index (χ0) is 22.5. The van der Waals surface area contributed by atoms with Crippen molar-refractivity contribution in [2.75, 3.05) is 45.1 Å². The summed E-state index contributed by atoms with van der Waals surface area (Å²) < 4.78 is 8.07. The Morgan fingerprint density at radius 1 is 1.06 bits per heavy atom. The van der Waals surface area contributed by atoms with Gasteiger partial charge in [-0.1, -0.05) is 36.0 Å². The van der Waals surface area contributed by atoms with E-state index in [9.17, 15) is 4.79 Å². The molecule has 3 aromatic rings. The lowest BCUT2D eigenvalue weighted by molar-refractivity contribution is -0.130. The molecule has 0 atom stereocenters. The van der Waals surface area contributed by atoms with Gasteiger partial charge in [0.05, 0.1) is 5.75 Å². The van der Waals surface area contributed by atoms with Crippen LogP contribution in [0.1, 0.15) is 29.6 Å². The number of carbonyl (C=O) groups is 1. The van der Waals surface area contributed by atoms with Crippen LogP contribution in [-0.4, -0.2) is 75.6 Å². The summed E-state index contributed by atoms with van der Waals surface area (Å²) in [5.41, 5.74) is 0. The number of nitrogens with zero attached hydrogens (tertiary/aromatic N) is 5. The molecule has 7 nitrogen and oxygen atoms in total. The lowest BCUT2D eigenvalue weighted by Gasteiger charge is -2.34. The van der Waals surface area contributed by atoms with E-state index in [-0.39, 0.29) is 5.91 Å². The average molecular weight is 484 g/mol. The molecule has 2 aromatic heterocycles. The monoisotopic (exact) mass is 483 g/mol. The smallest absolute Gasteiger partial charge is 0.233 e. The first-order valence-corrected chi connectivity index (χ1v) is 13.4. The van der Waals surface area contributed by atoms with Crippen LogP contribution in [0.5, 0.6) is 5.75 Å². The number of aromatic nitrogens is 3. The van der Waals surface area contributed by atoms with Crippen LogP contribution in [0.3, 0.4) is 0 Å². The van der Waals surface area contributed by atoms with Gasteiger partial charge in [-0.05, 0) is 36.4 Å². The van der Waals surface area contributed by atoms with Crippen molar-refractivity contribution in [3.8, 4) is 5.75 Å². The fourth-order valence-electron chi connectivity index (χ4n) is 4.04. The highest BCUT2D eigenvalue weighted by atomic mass is 32.2. The Morgan fingerprint density at radius 2 is 1.88 bits per heavy atom. The SMILES string of the molecule is O=C(CSc1nnc(Cc2cccs2)n1C1CC1)N1CCN(CCOc2ccccc2)CC1. The van der Waals surface area contributed by atoms with E-state index in [1.54, 1.807) is 11.3 Å². The molecule has 5 rings (SSSR count). The van der Waals surface area contributed by atoms with Crippen molar-refractivity contribution in [2.24, 2.45) is 0 Å². The number of benzene rings is 1. The third kappa shape index (κ3) is 5.96. The van der Waals surface area contributed by atoms with Crippen molar-refractivity contribution in [1.82, 2.24) is 24.6 Å². The van der Waals surface area contributed by atoms with Gasteiger partial charge >= 0.3 is 0 Å². The molecule has 1 amide bonds. The van der Waals surface area contributed by atoms with Gasteiger partial charge in [0.15, 0.2) is 5.16 Å². The predicted molar refractivity (Wildman–Crippen MR) is 131 cm³/mol. The molecule has 2 fully saturated rings. The van der Waals surface area contributed by atoms with Gasteiger partial charge in [0.25, 0.3) is 0 Å². The Kier molecular flexibility index (Phi) is 7.28.